The van der Waals surface area contributed by atoms with Gasteiger partial charge in [0.25, 0.3) is 0 Å². The van der Waals surface area contributed by atoms with Crippen molar-refractivity contribution in [2.24, 2.45) is 5.16 Å². The molecule has 0 N–H and O–H groups in total. The van der Waals surface area contributed by atoms with Gasteiger partial charge in [-0.15, -0.1) is 0 Å². The highest BCUT2D eigenvalue weighted by Gasteiger charge is 1.81. The lowest BCUT2D eigenvalue weighted by Crippen LogP contribution is -2.15. The van der Waals surface area contributed by atoms with Crippen molar-refractivity contribution in [1.29, 1.82) is 0 Å². The Labute approximate surface area is 82.8 Å². The van der Waals surface area contributed by atoms with Crippen molar-refractivity contribution < 1.29 is 4.84 Å². The third-order valence-electron chi connectivity index (χ3n) is 1.84. The molecule has 0 spiro atoms. The number of rotatable bonds is 4. The van der Waals surface area contributed by atoms with Crippen LogP contribution in [0.3, 0.4) is 0 Å². The molecule has 0 rings (SSSR count). The minimum atomic E-state index is 0.966. The first-order chi connectivity index (χ1) is 6.12. The molecule has 0 aliphatic rings. The molecule has 0 saturated heterocycles. The Kier molecular flexibility index (Phi) is 13.1. The minimum absolute atomic E-state index is 0.966. The summed E-state index contributed by atoms with van der Waals surface area (Å²) in [5, 5.41) is 3.66. The Balaban J connectivity index is 0. The van der Waals surface area contributed by atoms with Gasteiger partial charge in [-0.05, 0) is 33.5 Å². The van der Waals surface area contributed by atoms with Gasteiger partial charge in [0.1, 0.15) is 7.11 Å². The van der Waals surface area contributed by atoms with Gasteiger partial charge in [0.05, 0.1) is 5.71 Å². The Morgan fingerprint density at radius 2 is 1.69 bits per heavy atom. The third-order valence-corrected chi connectivity index (χ3v) is 1.84. The van der Waals surface area contributed by atoms with Crippen LogP contribution < -0.4 is 0 Å². The molecule has 0 saturated carbocycles. The van der Waals surface area contributed by atoms with Gasteiger partial charge in [0, 0.05) is 0 Å². The Hall–Kier alpha value is -0.570. The van der Waals surface area contributed by atoms with E-state index in [1.54, 1.807) is 7.11 Å². The molecular formula is C10H24N2O. The van der Waals surface area contributed by atoms with Crippen LogP contribution in [-0.4, -0.2) is 37.9 Å². The summed E-state index contributed by atoms with van der Waals surface area (Å²) in [4.78, 5) is 6.73. The van der Waals surface area contributed by atoms with Gasteiger partial charge < -0.3 is 9.74 Å². The highest BCUT2D eigenvalue weighted by Crippen LogP contribution is 1.81. The van der Waals surface area contributed by atoms with Crippen LogP contribution in [0.25, 0.3) is 0 Å². The average molecular weight is 188 g/mol. The molecule has 0 aliphatic carbocycles. The summed E-state index contributed by atoms with van der Waals surface area (Å²) in [5.41, 5.74) is 1.03. The Morgan fingerprint density at radius 3 is 1.77 bits per heavy atom. The Bertz CT molecular complexity index is 120. The maximum atomic E-state index is 4.48. The molecule has 0 aliphatic heterocycles. The quantitative estimate of drug-likeness (QED) is 0.500. The van der Waals surface area contributed by atoms with Crippen molar-refractivity contribution in [1.82, 2.24) is 4.90 Å². The second-order valence-electron chi connectivity index (χ2n) is 2.85. The van der Waals surface area contributed by atoms with E-state index in [0.717, 1.165) is 25.2 Å². The summed E-state index contributed by atoms with van der Waals surface area (Å²) in [6.07, 6.45) is 0.966. The van der Waals surface area contributed by atoms with Crippen molar-refractivity contribution >= 4 is 5.71 Å². The molecule has 0 aromatic rings. The predicted octanol–water partition coefficient (Wildman–Crippen LogP) is 2.38. The lowest BCUT2D eigenvalue weighted by molar-refractivity contribution is 0.212. The van der Waals surface area contributed by atoms with Gasteiger partial charge in [0.2, 0.25) is 0 Å². The molecule has 0 amide bonds. The van der Waals surface area contributed by atoms with Crippen LogP contribution in [0.4, 0.5) is 0 Å². The first kappa shape index (κ1) is 14.9. The van der Waals surface area contributed by atoms with Crippen LogP contribution in [0.1, 0.15) is 34.1 Å². The van der Waals surface area contributed by atoms with Crippen LogP contribution in [0.5, 0.6) is 0 Å². The number of oxime groups is 1. The fraction of sp³-hybridized carbons (Fsp3) is 0.900. The van der Waals surface area contributed by atoms with Crippen molar-refractivity contribution in [3.8, 4) is 0 Å². The standard InChI is InChI=1S/C5H11NO.C5H13N/c1-4-5(2)6-7-3;1-4-6(3)5-2/h4H2,1-3H3;4-5H2,1-3H3. The van der Waals surface area contributed by atoms with E-state index in [4.69, 9.17) is 0 Å². The summed E-state index contributed by atoms with van der Waals surface area (Å²) < 4.78 is 0. The summed E-state index contributed by atoms with van der Waals surface area (Å²) in [5.74, 6) is 0. The van der Waals surface area contributed by atoms with Crippen LogP contribution in [-0.2, 0) is 4.84 Å². The molecule has 0 unspecified atom stereocenters. The average Bonchev–Trinajstić information content (AvgIpc) is 2.18. The van der Waals surface area contributed by atoms with E-state index in [1.807, 2.05) is 13.8 Å². The largest absolute Gasteiger partial charge is 0.399 e. The van der Waals surface area contributed by atoms with E-state index >= 15 is 0 Å². The number of nitrogens with zero attached hydrogens (tertiary/aromatic N) is 2. The summed E-state index contributed by atoms with van der Waals surface area (Å²) in [6, 6.07) is 0. The van der Waals surface area contributed by atoms with Gasteiger partial charge in [-0.1, -0.05) is 25.9 Å². The highest BCUT2D eigenvalue weighted by atomic mass is 16.6. The van der Waals surface area contributed by atoms with Gasteiger partial charge in [0.15, 0.2) is 0 Å². The van der Waals surface area contributed by atoms with Crippen LogP contribution in [0, 0.1) is 0 Å². The molecular weight excluding hydrogens is 164 g/mol. The normalized spacial score (nSPS) is 10.8. The maximum Gasteiger partial charge on any atom is 0.106 e. The molecule has 0 radical (unpaired) electrons. The second-order valence-corrected chi connectivity index (χ2v) is 2.85. The molecule has 0 fully saturated rings. The Morgan fingerprint density at radius 1 is 1.23 bits per heavy atom. The van der Waals surface area contributed by atoms with E-state index < -0.39 is 0 Å². The summed E-state index contributed by atoms with van der Waals surface area (Å²) in [6.45, 7) is 10.6. The topological polar surface area (TPSA) is 24.8 Å². The zero-order chi connectivity index (χ0) is 10.7. The van der Waals surface area contributed by atoms with Gasteiger partial charge in [-0.2, -0.15) is 0 Å². The van der Waals surface area contributed by atoms with E-state index in [9.17, 15) is 0 Å². The molecule has 13 heavy (non-hydrogen) atoms. The van der Waals surface area contributed by atoms with Crippen molar-refractivity contribution in [2.75, 3.05) is 27.2 Å². The van der Waals surface area contributed by atoms with Gasteiger partial charge in [-0.25, -0.2) is 0 Å². The molecule has 0 atom stereocenters. The van der Waals surface area contributed by atoms with Gasteiger partial charge >= 0.3 is 0 Å². The molecule has 80 valence electrons. The fourth-order valence-electron chi connectivity index (χ4n) is 0.444. The lowest BCUT2D eigenvalue weighted by Gasteiger charge is -2.07. The fourth-order valence-corrected chi connectivity index (χ4v) is 0.444. The van der Waals surface area contributed by atoms with Crippen LogP contribution >= 0.6 is 0 Å². The zero-order valence-electron chi connectivity index (χ0n) is 9.92. The van der Waals surface area contributed by atoms with Crippen LogP contribution in [0.15, 0.2) is 5.16 Å². The predicted molar refractivity (Wildman–Crippen MR) is 59.3 cm³/mol. The second kappa shape index (κ2) is 11.4. The number of hydrogen-bond acceptors (Lipinski definition) is 3. The summed E-state index contributed by atoms with van der Waals surface area (Å²) >= 11 is 0. The third kappa shape index (κ3) is 14.3. The van der Waals surface area contributed by atoms with E-state index in [0.29, 0.717) is 0 Å². The van der Waals surface area contributed by atoms with Gasteiger partial charge in [-0.3, -0.25) is 0 Å². The molecule has 0 heterocycles. The maximum absolute atomic E-state index is 4.48. The van der Waals surface area contributed by atoms with E-state index in [-0.39, 0.29) is 0 Å². The van der Waals surface area contributed by atoms with E-state index in [2.05, 4.69) is 35.8 Å². The van der Waals surface area contributed by atoms with Crippen molar-refractivity contribution in [3.63, 3.8) is 0 Å². The minimum Gasteiger partial charge on any atom is -0.399 e. The first-order valence-electron chi connectivity index (χ1n) is 4.87. The van der Waals surface area contributed by atoms with Crippen molar-refractivity contribution in [3.05, 3.63) is 0 Å². The molecule has 0 aromatic heterocycles. The first-order valence-corrected chi connectivity index (χ1v) is 4.87. The molecule has 3 heteroatoms. The SMILES string of the molecule is CCC(C)=NOC.CCN(C)CC. The molecule has 3 nitrogen and oxygen atoms in total. The monoisotopic (exact) mass is 188 g/mol. The number of hydrogen-bond donors (Lipinski definition) is 0. The van der Waals surface area contributed by atoms with E-state index in [1.165, 1.54) is 0 Å². The summed E-state index contributed by atoms with van der Waals surface area (Å²) in [7, 11) is 3.67. The zero-order valence-corrected chi connectivity index (χ0v) is 9.92. The van der Waals surface area contributed by atoms with Crippen molar-refractivity contribution in [2.45, 2.75) is 34.1 Å². The highest BCUT2D eigenvalue weighted by molar-refractivity contribution is 5.80. The smallest absolute Gasteiger partial charge is 0.106 e. The lowest BCUT2D eigenvalue weighted by atomic mass is 10.3. The van der Waals surface area contributed by atoms with Crippen LogP contribution in [0.2, 0.25) is 0 Å². The molecule has 0 aromatic carbocycles. The molecule has 0 bridgehead atoms.